The van der Waals surface area contributed by atoms with Gasteiger partial charge in [0, 0.05) is 18.7 Å². The lowest BCUT2D eigenvalue weighted by Crippen LogP contribution is -2.42. The van der Waals surface area contributed by atoms with E-state index in [1.165, 1.54) is 0 Å². The number of aromatic nitrogens is 2. The number of nitrogens with one attached hydrogen (secondary N) is 1. The normalized spacial score (nSPS) is 17.3. The maximum atomic E-state index is 12.4. The molecule has 108 valence electrons. The van der Waals surface area contributed by atoms with E-state index in [9.17, 15) is 9.59 Å². The third-order valence-corrected chi connectivity index (χ3v) is 3.76. The minimum Gasteiger partial charge on any atom is -0.369 e. The lowest BCUT2D eigenvalue weighted by Gasteiger charge is -2.31. The molecule has 2 heterocycles. The fourth-order valence-electron chi connectivity index (χ4n) is 2.64. The number of aromatic amines is 1. The summed E-state index contributed by atoms with van der Waals surface area (Å²) in [6.45, 7) is 0.761. The van der Waals surface area contributed by atoms with E-state index in [1.807, 2.05) is 30.3 Å². The molecule has 2 amide bonds. The summed E-state index contributed by atoms with van der Waals surface area (Å²) in [5, 5.41) is 6.75. The number of amides is 2. The molecule has 1 unspecified atom stereocenters. The second-order valence-electron chi connectivity index (χ2n) is 5.20. The summed E-state index contributed by atoms with van der Waals surface area (Å²) in [7, 11) is 0. The van der Waals surface area contributed by atoms with E-state index in [2.05, 4.69) is 10.2 Å². The molecule has 1 aliphatic rings. The molecule has 2 aromatic rings. The molecule has 1 aromatic heterocycles. The Labute approximate surface area is 121 Å². The van der Waals surface area contributed by atoms with Crippen molar-refractivity contribution in [2.45, 2.75) is 18.9 Å². The van der Waals surface area contributed by atoms with Crippen molar-refractivity contribution in [2.75, 3.05) is 6.54 Å². The first-order valence-corrected chi connectivity index (χ1v) is 6.78. The van der Waals surface area contributed by atoms with Crippen LogP contribution in [0.4, 0.5) is 0 Å². The number of carbonyl (C=O) groups is 2. The number of fused-ring (bicyclic) bond motifs is 1. The van der Waals surface area contributed by atoms with E-state index in [4.69, 9.17) is 5.73 Å². The van der Waals surface area contributed by atoms with Gasteiger partial charge in [0.25, 0.3) is 0 Å². The van der Waals surface area contributed by atoms with Crippen molar-refractivity contribution in [3.63, 3.8) is 0 Å². The number of hydrogen-bond acceptors (Lipinski definition) is 3. The monoisotopic (exact) mass is 284 g/mol. The van der Waals surface area contributed by atoms with Crippen LogP contribution in [-0.4, -0.2) is 33.5 Å². The van der Waals surface area contributed by atoms with Crippen molar-refractivity contribution in [2.24, 2.45) is 5.73 Å². The summed E-state index contributed by atoms with van der Waals surface area (Å²) >= 11 is 0. The van der Waals surface area contributed by atoms with Crippen molar-refractivity contribution in [3.05, 3.63) is 53.3 Å². The third kappa shape index (κ3) is 2.65. The number of nitrogens with two attached hydrogens (primary N) is 1. The molecule has 0 fully saturated rings. The van der Waals surface area contributed by atoms with Gasteiger partial charge >= 0.3 is 0 Å². The molecule has 21 heavy (non-hydrogen) atoms. The Morgan fingerprint density at radius 2 is 2.10 bits per heavy atom. The summed E-state index contributed by atoms with van der Waals surface area (Å²) in [6.07, 6.45) is 1.97. The van der Waals surface area contributed by atoms with Gasteiger partial charge < -0.3 is 10.6 Å². The summed E-state index contributed by atoms with van der Waals surface area (Å²) < 4.78 is 0. The molecular formula is C15H16N4O2. The van der Waals surface area contributed by atoms with Crippen LogP contribution in [0.5, 0.6) is 0 Å². The van der Waals surface area contributed by atoms with E-state index < -0.39 is 11.8 Å². The van der Waals surface area contributed by atoms with Gasteiger partial charge in [-0.25, -0.2) is 0 Å². The van der Waals surface area contributed by atoms with Crippen LogP contribution in [0.3, 0.4) is 0 Å². The number of primary amides is 1. The van der Waals surface area contributed by atoms with Gasteiger partial charge in [0.1, 0.15) is 0 Å². The number of hydrogen-bond donors (Lipinski definition) is 2. The summed E-state index contributed by atoms with van der Waals surface area (Å²) in [5.41, 5.74) is 7.97. The van der Waals surface area contributed by atoms with Crippen LogP contribution in [-0.2, 0) is 22.6 Å². The number of nitrogens with zero attached hydrogens (tertiary/aromatic N) is 2. The molecule has 0 spiro atoms. The predicted octanol–water partition coefficient (Wildman–Crippen LogP) is 0.563. The quantitative estimate of drug-likeness (QED) is 0.862. The third-order valence-electron chi connectivity index (χ3n) is 3.76. The van der Waals surface area contributed by atoms with Gasteiger partial charge in [0.15, 0.2) is 0 Å². The van der Waals surface area contributed by atoms with Crippen molar-refractivity contribution in [3.8, 4) is 0 Å². The van der Waals surface area contributed by atoms with Crippen LogP contribution in [0.25, 0.3) is 0 Å². The first-order chi connectivity index (χ1) is 10.1. The van der Waals surface area contributed by atoms with Crippen molar-refractivity contribution >= 4 is 11.8 Å². The number of rotatable bonds is 3. The SMILES string of the molecule is NC(=O)C1CN(C(=O)Cc2ccccc2)Cc2cn[nH]c21. The van der Waals surface area contributed by atoms with Crippen LogP contribution in [0, 0.1) is 0 Å². The van der Waals surface area contributed by atoms with Gasteiger partial charge in [0.2, 0.25) is 11.8 Å². The predicted molar refractivity (Wildman–Crippen MR) is 76.1 cm³/mol. The van der Waals surface area contributed by atoms with Gasteiger partial charge in [0.05, 0.1) is 24.2 Å². The average Bonchev–Trinajstić information content (AvgIpc) is 2.95. The standard InChI is InChI=1S/C15H16N4O2/c16-15(21)12-9-19(8-11-7-17-18-14(11)12)13(20)6-10-4-2-1-3-5-10/h1-5,7,12H,6,8-9H2,(H2,16,21)(H,17,18). The van der Waals surface area contributed by atoms with E-state index >= 15 is 0 Å². The molecule has 0 saturated carbocycles. The van der Waals surface area contributed by atoms with Crippen LogP contribution in [0.15, 0.2) is 36.5 Å². The zero-order chi connectivity index (χ0) is 14.8. The molecule has 1 aliphatic heterocycles. The highest BCUT2D eigenvalue weighted by atomic mass is 16.2. The van der Waals surface area contributed by atoms with Crippen LogP contribution in [0.2, 0.25) is 0 Å². The van der Waals surface area contributed by atoms with E-state index in [-0.39, 0.29) is 5.91 Å². The Balaban J connectivity index is 1.78. The fraction of sp³-hybridized carbons (Fsp3) is 0.267. The molecule has 6 heteroatoms. The van der Waals surface area contributed by atoms with Crippen molar-refractivity contribution < 1.29 is 9.59 Å². The molecule has 1 aromatic carbocycles. The summed E-state index contributed by atoms with van der Waals surface area (Å²) in [4.78, 5) is 25.7. The Morgan fingerprint density at radius 1 is 1.33 bits per heavy atom. The summed E-state index contributed by atoms with van der Waals surface area (Å²) in [6, 6.07) is 9.54. The topological polar surface area (TPSA) is 92.1 Å². The maximum Gasteiger partial charge on any atom is 0.228 e. The van der Waals surface area contributed by atoms with Gasteiger partial charge in [-0.05, 0) is 5.56 Å². The highest BCUT2D eigenvalue weighted by molar-refractivity contribution is 5.85. The molecule has 3 rings (SSSR count). The van der Waals surface area contributed by atoms with E-state index in [0.29, 0.717) is 19.5 Å². The first kappa shape index (κ1) is 13.4. The van der Waals surface area contributed by atoms with Gasteiger partial charge in [-0.15, -0.1) is 0 Å². The minimum atomic E-state index is -0.518. The second kappa shape index (κ2) is 5.40. The minimum absolute atomic E-state index is 0.0145. The van der Waals surface area contributed by atoms with Crippen LogP contribution < -0.4 is 5.73 Å². The molecule has 6 nitrogen and oxygen atoms in total. The maximum absolute atomic E-state index is 12.4. The smallest absolute Gasteiger partial charge is 0.228 e. The lowest BCUT2D eigenvalue weighted by atomic mass is 9.95. The zero-order valence-electron chi connectivity index (χ0n) is 11.5. The molecular weight excluding hydrogens is 268 g/mol. The molecule has 3 N–H and O–H groups in total. The fourth-order valence-corrected chi connectivity index (χ4v) is 2.64. The van der Waals surface area contributed by atoms with Crippen LogP contribution in [0.1, 0.15) is 22.7 Å². The van der Waals surface area contributed by atoms with Crippen LogP contribution >= 0.6 is 0 Å². The highest BCUT2D eigenvalue weighted by Gasteiger charge is 2.32. The largest absolute Gasteiger partial charge is 0.369 e. The average molecular weight is 284 g/mol. The van der Waals surface area contributed by atoms with Gasteiger partial charge in [-0.1, -0.05) is 30.3 Å². The Kier molecular flexibility index (Phi) is 3.43. The van der Waals surface area contributed by atoms with Crippen molar-refractivity contribution in [1.29, 1.82) is 0 Å². The number of benzene rings is 1. The van der Waals surface area contributed by atoms with Gasteiger partial charge in [-0.2, -0.15) is 5.10 Å². The van der Waals surface area contributed by atoms with Gasteiger partial charge in [-0.3, -0.25) is 14.7 Å². The molecule has 0 saturated heterocycles. The Morgan fingerprint density at radius 3 is 2.81 bits per heavy atom. The summed E-state index contributed by atoms with van der Waals surface area (Å²) in [5.74, 6) is -0.979. The van der Waals surface area contributed by atoms with E-state index in [1.54, 1.807) is 11.1 Å². The highest BCUT2D eigenvalue weighted by Crippen LogP contribution is 2.26. The Bertz CT molecular complexity index is 665. The number of H-pyrrole nitrogens is 1. The molecule has 0 bridgehead atoms. The van der Waals surface area contributed by atoms with Crippen molar-refractivity contribution in [1.82, 2.24) is 15.1 Å². The van der Waals surface area contributed by atoms with E-state index in [0.717, 1.165) is 16.8 Å². The second-order valence-corrected chi connectivity index (χ2v) is 5.20. The first-order valence-electron chi connectivity index (χ1n) is 6.78. The molecule has 0 aliphatic carbocycles. The number of carbonyl (C=O) groups excluding carboxylic acids is 2. The molecule has 0 radical (unpaired) electrons. The zero-order valence-corrected chi connectivity index (χ0v) is 11.5. The Hall–Kier alpha value is -2.63. The lowest BCUT2D eigenvalue weighted by molar-refractivity contribution is -0.132. The molecule has 1 atom stereocenters.